The summed E-state index contributed by atoms with van der Waals surface area (Å²) in [4.78, 5) is 4.23. The molecule has 1 aromatic heterocycles. The van der Waals surface area contributed by atoms with Gasteiger partial charge in [0.2, 0.25) is 0 Å². The van der Waals surface area contributed by atoms with Crippen molar-refractivity contribution in [3.8, 4) is 0 Å². The van der Waals surface area contributed by atoms with E-state index in [0.717, 1.165) is 12.1 Å². The van der Waals surface area contributed by atoms with Crippen molar-refractivity contribution in [2.45, 2.75) is 45.3 Å². The molecule has 0 saturated carbocycles. The van der Waals surface area contributed by atoms with Crippen molar-refractivity contribution in [3.05, 3.63) is 29.6 Å². The number of pyridine rings is 1. The monoisotopic (exact) mass is 209 g/mol. The van der Waals surface area contributed by atoms with E-state index >= 15 is 0 Å². The maximum Gasteiger partial charge on any atom is 0.0876 e. The lowest BCUT2D eigenvalue weighted by Crippen LogP contribution is -2.37. The number of aliphatic hydroxyl groups is 2. The maximum absolute atomic E-state index is 9.68. The fourth-order valence-corrected chi connectivity index (χ4v) is 1.23. The Labute approximate surface area is 90.8 Å². The van der Waals surface area contributed by atoms with Crippen LogP contribution in [0.3, 0.4) is 0 Å². The average Bonchev–Trinajstić information content (AvgIpc) is 2.17. The van der Waals surface area contributed by atoms with Gasteiger partial charge < -0.3 is 10.2 Å². The Balaban J connectivity index is 2.65. The van der Waals surface area contributed by atoms with Crippen LogP contribution >= 0.6 is 0 Å². The number of aromatic nitrogens is 1. The third-order valence-corrected chi connectivity index (χ3v) is 2.51. The van der Waals surface area contributed by atoms with E-state index in [0.29, 0.717) is 6.42 Å². The Bertz CT molecular complexity index is 300. The number of nitrogens with zero attached hydrogens (tertiary/aromatic N) is 1. The lowest BCUT2D eigenvalue weighted by Gasteiger charge is -2.24. The first-order chi connectivity index (χ1) is 6.93. The summed E-state index contributed by atoms with van der Waals surface area (Å²) in [6.07, 6.45) is 2.37. The Morgan fingerprint density at radius 3 is 2.47 bits per heavy atom. The molecule has 0 aliphatic rings. The highest BCUT2D eigenvalue weighted by Gasteiger charge is 2.24. The summed E-state index contributed by atoms with van der Waals surface area (Å²) in [7, 11) is 0. The fraction of sp³-hybridized carbons (Fsp3) is 0.583. The molecule has 15 heavy (non-hydrogen) atoms. The van der Waals surface area contributed by atoms with Gasteiger partial charge >= 0.3 is 0 Å². The molecular formula is C12H19NO2. The second-order valence-corrected chi connectivity index (χ2v) is 4.38. The van der Waals surface area contributed by atoms with Gasteiger partial charge in [-0.25, -0.2) is 0 Å². The van der Waals surface area contributed by atoms with Gasteiger partial charge in [0.25, 0.3) is 0 Å². The summed E-state index contributed by atoms with van der Waals surface area (Å²) in [6.45, 7) is 5.26. The first kappa shape index (κ1) is 12.1. The Kier molecular flexibility index (Phi) is 3.83. The van der Waals surface area contributed by atoms with Crippen molar-refractivity contribution in [1.82, 2.24) is 4.98 Å². The standard InChI is InChI=1S/C12H19NO2/c1-4-9-5-6-10(13-8-9)7-11(14)12(2,3)15/h5-6,8,11,14-15H,4,7H2,1-3H3. The van der Waals surface area contributed by atoms with Crippen molar-refractivity contribution in [2.24, 2.45) is 0 Å². The summed E-state index contributed by atoms with van der Waals surface area (Å²) in [5.41, 5.74) is 0.906. The van der Waals surface area contributed by atoms with Crippen molar-refractivity contribution >= 4 is 0 Å². The summed E-state index contributed by atoms with van der Waals surface area (Å²) in [5.74, 6) is 0. The molecule has 0 fully saturated rings. The molecular weight excluding hydrogens is 190 g/mol. The Morgan fingerprint density at radius 1 is 1.40 bits per heavy atom. The van der Waals surface area contributed by atoms with Crippen molar-refractivity contribution < 1.29 is 10.2 Å². The Hall–Kier alpha value is -0.930. The van der Waals surface area contributed by atoms with Gasteiger partial charge in [-0.3, -0.25) is 4.98 Å². The third-order valence-electron chi connectivity index (χ3n) is 2.51. The summed E-state index contributed by atoms with van der Waals surface area (Å²) < 4.78 is 0. The van der Waals surface area contributed by atoms with Crippen LogP contribution < -0.4 is 0 Å². The quantitative estimate of drug-likeness (QED) is 0.786. The van der Waals surface area contributed by atoms with E-state index in [1.165, 1.54) is 5.56 Å². The highest BCUT2D eigenvalue weighted by Crippen LogP contribution is 2.13. The third kappa shape index (κ3) is 3.61. The van der Waals surface area contributed by atoms with Crippen LogP contribution in [-0.4, -0.2) is 26.9 Å². The van der Waals surface area contributed by atoms with Gasteiger partial charge in [0.15, 0.2) is 0 Å². The molecule has 1 unspecified atom stereocenters. The molecule has 0 aliphatic heterocycles. The summed E-state index contributed by atoms with van der Waals surface area (Å²) in [5, 5.41) is 19.2. The minimum atomic E-state index is -1.08. The van der Waals surface area contributed by atoms with Gasteiger partial charge in [0, 0.05) is 18.3 Å². The normalized spacial score (nSPS) is 13.9. The van der Waals surface area contributed by atoms with E-state index in [2.05, 4.69) is 11.9 Å². The van der Waals surface area contributed by atoms with Crippen LogP contribution in [0.2, 0.25) is 0 Å². The molecule has 3 nitrogen and oxygen atoms in total. The van der Waals surface area contributed by atoms with E-state index in [-0.39, 0.29) is 0 Å². The number of hydrogen-bond donors (Lipinski definition) is 2. The second kappa shape index (κ2) is 4.73. The van der Waals surface area contributed by atoms with Crippen LogP contribution in [0, 0.1) is 0 Å². The van der Waals surface area contributed by atoms with E-state index in [1.807, 2.05) is 18.3 Å². The predicted octanol–water partition coefficient (Wildman–Crippen LogP) is 1.32. The number of rotatable bonds is 4. The zero-order valence-corrected chi connectivity index (χ0v) is 9.57. The fourth-order valence-electron chi connectivity index (χ4n) is 1.23. The molecule has 0 amide bonds. The van der Waals surface area contributed by atoms with Gasteiger partial charge in [-0.2, -0.15) is 0 Å². The smallest absolute Gasteiger partial charge is 0.0876 e. The average molecular weight is 209 g/mol. The molecule has 3 heteroatoms. The van der Waals surface area contributed by atoms with Gasteiger partial charge in [-0.05, 0) is 31.9 Å². The summed E-state index contributed by atoms with van der Waals surface area (Å²) in [6, 6.07) is 3.90. The van der Waals surface area contributed by atoms with Gasteiger partial charge in [0.05, 0.1) is 11.7 Å². The minimum absolute atomic E-state index is 0.382. The van der Waals surface area contributed by atoms with E-state index in [1.54, 1.807) is 13.8 Å². The number of aryl methyl sites for hydroxylation is 1. The molecule has 0 aliphatic carbocycles. The Morgan fingerprint density at radius 2 is 2.07 bits per heavy atom. The lowest BCUT2D eigenvalue weighted by atomic mass is 9.97. The molecule has 0 spiro atoms. The minimum Gasteiger partial charge on any atom is -0.390 e. The van der Waals surface area contributed by atoms with Crippen LogP contribution in [0.25, 0.3) is 0 Å². The van der Waals surface area contributed by atoms with Crippen LogP contribution in [0.5, 0.6) is 0 Å². The number of hydrogen-bond acceptors (Lipinski definition) is 3. The molecule has 0 saturated heterocycles. The highest BCUT2D eigenvalue weighted by atomic mass is 16.3. The van der Waals surface area contributed by atoms with Crippen LogP contribution in [0.15, 0.2) is 18.3 Å². The largest absolute Gasteiger partial charge is 0.390 e. The predicted molar refractivity (Wildman–Crippen MR) is 59.6 cm³/mol. The molecule has 0 aromatic carbocycles. The molecule has 1 atom stereocenters. The zero-order chi connectivity index (χ0) is 11.5. The summed E-state index contributed by atoms with van der Waals surface area (Å²) >= 11 is 0. The molecule has 1 rings (SSSR count). The van der Waals surface area contributed by atoms with Gasteiger partial charge in [0.1, 0.15) is 0 Å². The van der Waals surface area contributed by atoms with E-state index in [9.17, 15) is 10.2 Å². The number of aliphatic hydroxyl groups excluding tert-OH is 1. The van der Waals surface area contributed by atoms with Gasteiger partial charge in [-0.1, -0.05) is 13.0 Å². The first-order valence-electron chi connectivity index (χ1n) is 5.27. The molecule has 1 aromatic rings. The topological polar surface area (TPSA) is 53.4 Å². The maximum atomic E-state index is 9.68. The first-order valence-corrected chi connectivity index (χ1v) is 5.27. The second-order valence-electron chi connectivity index (χ2n) is 4.38. The molecule has 2 N–H and O–H groups in total. The molecule has 84 valence electrons. The van der Waals surface area contributed by atoms with Crippen LogP contribution in [-0.2, 0) is 12.8 Å². The lowest BCUT2D eigenvalue weighted by molar-refractivity contribution is -0.0473. The van der Waals surface area contributed by atoms with E-state index < -0.39 is 11.7 Å². The molecule has 0 radical (unpaired) electrons. The highest BCUT2D eigenvalue weighted by molar-refractivity contribution is 5.14. The molecule has 1 heterocycles. The van der Waals surface area contributed by atoms with Crippen molar-refractivity contribution in [3.63, 3.8) is 0 Å². The van der Waals surface area contributed by atoms with E-state index in [4.69, 9.17) is 0 Å². The van der Waals surface area contributed by atoms with Crippen LogP contribution in [0.4, 0.5) is 0 Å². The van der Waals surface area contributed by atoms with Crippen molar-refractivity contribution in [2.75, 3.05) is 0 Å². The molecule has 0 bridgehead atoms. The van der Waals surface area contributed by atoms with Crippen molar-refractivity contribution in [1.29, 1.82) is 0 Å². The van der Waals surface area contributed by atoms with Gasteiger partial charge in [-0.15, -0.1) is 0 Å². The SMILES string of the molecule is CCc1ccc(CC(O)C(C)(C)O)nc1. The van der Waals surface area contributed by atoms with Crippen LogP contribution in [0.1, 0.15) is 32.0 Å². The zero-order valence-electron chi connectivity index (χ0n) is 9.57.